The van der Waals surface area contributed by atoms with Crippen LogP contribution in [0.25, 0.3) is 0 Å². The van der Waals surface area contributed by atoms with Crippen LogP contribution >= 0.6 is 23.2 Å². The summed E-state index contributed by atoms with van der Waals surface area (Å²) >= 11 is 11.7. The Balaban J connectivity index is 2.06. The van der Waals surface area contributed by atoms with E-state index in [0.717, 1.165) is 5.56 Å². The second kappa shape index (κ2) is 8.18. The highest BCUT2D eigenvalue weighted by molar-refractivity contribution is 6.31. The normalized spacial score (nSPS) is 11.9. The number of hydrazine groups is 1. The third-order valence-corrected chi connectivity index (χ3v) is 4.05. The molecule has 0 aromatic heterocycles. The molecule has 0 saturated heterocycles. The third-order valence-electron chi connectivity index (χ3n) is 3.56. The number of rotatable bonds is 4. The highest BCUT2D eigenvalue weighted by atomic mass is 35.5. The second-order valence-corrected chi connectivity index (χ2v) is 6.60. The van der Waals surface area contributed by atoms with Gasteiger partial charge in [-0.3, -0.25) is 20.4 Å². The molecule has 2 aromatic carbocycles. The van der Waals surface area contributed by atoms with Gasteiger partial charge in [0.1, 0.15) is 0 Å². The van der Waals surface area contributed by atoms with Gasteiger partial charge in [-0.1, -0.05) is 55.2 Å². The molecule has 2 rings (SSSR count). The first-order valence-corrected chi connectivity index (χ1v) is 8.25. The largest absolute Gasteiger partial charge is 0.273 e. The number of amides is 2. The molecule has 0 bridgehead atoms. The van der Waals surface area contributed by atoms with E-state index in [1.807, 2.05) is 26.0 Å². The van der Waals surface area contributed by atoms with E-state index in [-0.39, 0.29) is 11.8 Å². The van der Waals surface area contributed by atoms with Crippen molar-refractivity contribution in [1.82, 2.24) is 10.9 Å². The van der Waals surface area contributed by atoms with Crippen LogP contribution in [0.2, 0.25) is 10.0 Å². The van der Waals surface area contributed by atoms with Crippen LogP contribution < -0.4 is 10.9 Å². The van der Waals surface area contributed by atoms with Crippen molar-refractivity contribution in [1.29, 1.82) is 0 Å². The zero-order valence-electron chi connectivity index (χ0n) is 13.3. The molecule has 0 fully saturated rings. The van der Waals surface area contributed by atoms with Gasteiger partial charge in [-0.25, -0.2) is 0 Å². The summed E-state index contributed by atoms with van der Waals surface area (Å²) in [6.45, 7) is 3.88. The van der Waals surface area contributed by atoms with Crippen molar-refractivity contribution in [3.63, 3.8) is 0 Å². The van der Waals surface area contributed by atoms with Crippen molar-refractivity contribution in [3.8, 4) is 0 Å². The van der Waals surface area contributed by atoms with Crippen molar-refractivity contribution < 1.29 is 9.59 Å². The zero-order chi connectivity index (χ0) is 17.7. The summed E-state index contributed by atoms with van der Waals surface area (Å²) in [5, 5.41) is 1.06. The zero-order valence-corrected chi connectivity index (χ0v) is 14.9. The highest BCUT2D eigenvalue weighted by Crippen LogP contribution is 2.25. The fourth-order valence-electron chi connectivity index (χ4n) is 2.41. The predicted octanol–water partition coefficient (Wildman–Crippen LogP) is 4.19. The summed E-state index contributed by atoms with van der Waals surface area (Å²) in [7, 11) is 0. The fraction of sp³-hybridized carbons (Fsp3) is 0.222. The van der Waals surface area contributed by atoms with Crippen LogP contribution in [0.15, 0.2) is 48.5 Å². The van der Waals surface area contributed by atoms with Crippen molar-refractivity contribution in [2.24, 2.45) is 5.92 Å². The van der Waals surface area contributed by atoms with E-state index in [4.69, 9.17) is 23.2 Å². The topological polar surface area (TPSA) is 58.2 Å². The number of carbonyl (C=O) groups is 2. The van der Waals surface area contributed by atoms with Crippen molar-refractivity contribution in [2.75, 3.05) is 0 Å². The van der Waals surface area contributed by atoms with Gasteiger partial charge in [-0.15, -0.1) is 0 Å². The number of benzene rings is 2. The quantitative estimate of drug-likeness (QED) is 0.798. The Morgan fingerprint density at radius 2 is 1.58 bits per heavy atom. The van der Waals surface area contributed by atoms with Gasteiger partial charge in [0.15, 0.2) is 0 Å². The maximum atomic E-state index is 12.5. The minimum Gasteiger partial charge on any atom is -0.273 e. The van der Waals surface area contributed by atoms with Crippen LogP contribution in [-0.2, 0) is 4.79 Å². The molecule has 2 N–H and O–H groups in total. The minimum atomic E-state index is -0.426. The molecule has 2 aromatic rings. The average molecular weight is 365 g/mol. The summed E-state index contributed by atoms with van der Waals surface area (Å²) in [6.07, 6.45) is 0. The summed E-state index contributed by atoms with van der Waals surface area (Å²) in [6, 6.07) is 13.6. The monoisotopic (exact) mass is 364 g/mol. The molecule has 0 aliphatic carbocycles. The molecule has 0 saturated carbocycles. The standard InChI is InChI=1S/C18H18Cl2N2O2/c1-11(2)16(12-6-8-14(19)9-7-12)18(24)22-21-17(23)13-4-3-5-15(20)10-13/h3-11,16H,1-2H3,(H,21,23)(H,22,24)/t16-/m1/s1. The fourth-order valence-corrected chi connectivity index (χ4v) is 2.72. The third kappa shape index (κ3) is 4.73. The molecular formula is C18H18Cl2N2O2. The average Bonchev–Trinajstić information content (AvgIpc) is 2.54. The Hall–Kier alpha value is -2.04. The van der Waals surface area contributed by atoms with Gasteiger partial charge in [-0.2, -0.15) is 0 Å². The van der Waals surface area contributed by atoms with Crippen LogP contribution in [0.5, 0.6) is 0 Å². The van der Waals surface area contributed by atoms with E-state index in [2.05, 4.69) is 10.9 Å². The van der Waals surface area contributed by atoms with E-state index < -0.39 is 11.8 Å². The van der Waals surface area contributed by atoms with Crippen LogP contribution in [0.1, 0.15) is 35.7 Å². The van der Waals surface area contributed by atoms with E-state index in [1.54, 1.807) is 30.3 Å². The van der Waals surface area contributed by atoms with E-state index >= 15 is 0 Å². The molecule has 2 amide bonds. The number of hydrogen-bond acceptors (Lipinski definition) is 2. The van der Waals surface area contributed by atoms with Crippen LogP contribution in [0.3, 0.4) is 0 Å². The molecule has 6 heteroatoms. The lowest BCUT2D eigenvalue weighted by Crippen LogP contribution is -2.44. The van der Waals surface area contributed by atoms with Gasteiger partial charge in [0, 0.05) is 15.6 Å². The molecule has 4 nitrogen and oxygen atoms in total. The lowest BCUT2D eigenvalue weighted by Gasteiger charge is -2.21. The Bertz CT molecular complexity index is 730. The van der Waals surface area contributed by atoms with Gasteiger partial charge < -0.3 is 0 Å². The molecule has 0 heterocycles. The number of hydrogen-bond donors (Lipinski definition) is 2. The van der Waals surface area contributed by atoms with E-state index in [1.165, 1.54) is 6.07 Å². The van der Waals surface area contributed by atoms with Crippen molar-refractivity contribution >= 4 is 35.0 Å². The first-order chi connectivity index (χ1) is 11.4. The Morgan fingerprint density at radius 3 is 2.17 bits per heavy atom. The first-order valence-electron chi connectivity index (χ1n) is 7.49. The van der Waals surface area contributed by atoms with Crippen molar-refractivity contribution in [3.05, 3.63) is 69.7 Å². The van der Waals surface area contributed by atoms with E-state index in [9.17, 15) is 9.59 Å². The number of halogens is 2. The maximum Gasteiger partial charge on any atom is 0.269 e. The Morgan fingerprint density at radius 1 is 0.917 bits per heavy atom. The maximum absolute atomic E-state index is 12.5. The van der Waals surface area contributed by atoms with Gasteiger partial charge in [0.2, 0.25) is 5.91 Å². The minimum absolute atomic E-state index is 0.0502. The molecule has 24 heavy (non-hydrogen) atoms. The smallest absolute Gasteiger partial charge is 0.269 e. The highest BCUT2D eigenvalue weighted by Gasteiger charge is 2.24. The van der Waals surface area contributed by atoms with Crippen LogP contribution in [0.4, 0.5) is 0 Å². The lowest BCUT2D eigenvalue weighted by atomic mass is 9.88. The Kier molecular flexibility index (Phi) is 6.23. The number of carbonyl (C=O) groups excluding carboxylic acids is 2. The van der Waals surface area contributed by atoms with Crippen LogP contribution in [0, 0.1) is 5.92 Å². The lowest BCUT2D eigenvalue weighted by molar-refractivity contribution is -0.124. The predicted molar refractivity (Wildman–Crippen MR) is 96.1 cm³/mol. The second-order valence-electron chi connectivity index (χ2n) is 5.73. The summed E-state index contributed by atoms with van der Waals surface area (Å²) in [5.74, 6) is -1.07. The molecular weight excluding hydrogens is 347 g/mol. The van der Waals surface area contributed by atoms with E-state index in [0.29, 0.717) is 15.6 Å². The summed E-state index contributed by atoms with van der Waals surface area (Å²) in [4.78, 5) is 24.6. The number of nitrogens with one attached hydrogen (secondary N) is 2. The van der Waals surface area contributed by atoms with Gasteiger partial charge in [-0.05, 0) is 41.8 Å². The summed E-state index contributed by atoms with van der Waals surface area (Å²) in [5.41, 5.74) is 6.11. The molecule has 0 aliphatic heterocycles. The van der Waals surface area contributed by atoms with Crippen molar-refractivity contribution in [2.45, 2.75) is 19.8 Å². The molecule has 0 aliphatic rings. The molecule has 0 unspecified atom stereocenters. The molecule has 0 radical (unpaired) electrons. The molecule has 126 valence electrons. The van der Waals surface area contributed by atoms with Gasteiger partial charge in [0.05, 0.1) is 5.92 Å². The molecule has 1 atom stereocenters. The van der Waals surface area contributed by atoms with Gasteiger partial charge in [0.25, 0.3) is 5.91 Å². The molecule has 0 spiro atoms. The Labute approximate surface area is 151 Å². The summed E-state index contributed by atoms with van der Waals surface area (Å²) < 4.78 is 0. The first kappa shape index (κ1) is 18.3. The van der Waals surface area contributed by atoms with Gasteiger partial charge >= 0.3 is 0 Å². The SMILES string of the molecule is CC(C)[C@@H](C(=O)NNC(=O)c1cccc(Cl)c1)c1ccc(Cl)cc1. The van der Waals surface area contributed by atoms with Crippen LogP contribution in [-0.4, -0.2) is 11.8 Å².